The highest BCUT2D eigenvalue weighted by molar-refractivity contribution is 5.90. The third-order valence-corrected chi connectivity index (χ3v) is 4.40. The molecule has 8 heteroatoms. The van der Waals surface area contributed by atoms with Gasteiger partial charge >= 0.3 is 0 Å². The fraction of sp³-hybridized carbons (Fsp3) is 0.250. The molecular weight excluding hydrogens is 360 g/mol. The first kappa shape index (κ1) is 19.2. The highest BCUT2D eigenvalue weighted by atomic mass is 16.6. The Hall–Kier alpha value is -3.55. The van der Waals surface area contributed by atoms with Crippen LogP contribution in [0.15, 0.2) is 59.7 Å². The van der Waals surface area contributed by atoms with E-state index in [9.17, 15) is 19.7 Å². The number of nitrogens with one attached hydrogen (secondary N) is 1. The predicted octanol–water partition coefficient (Wildman–Crippen LogP) is 3.50. The molecule has 0 aliphatic carbocycles. The van der Waals surface area contributed by atoms with E-state index in [1.165, 1.54) is 24.3 Å². The van der Waals surface area contributed by atoms with E-state index in [0.717, 1.165) is 12.8 Å². The van der Waals surface area contributed by atoms with Gasteiger partial charge in [-0.1, -0.05) is 18.6 Å². The molecule has 0 saturated carbocycles. The molecule has 3 rings (SSSR count). The summed E-state index contributed by atoms with van der Waals surface area (Å²) in [7, 11) is 0. The molecule has 1 amide bonds. The third-order valence-electron chi connectivity index (χ3n) is 4.40. The van der Waals surface area contributed by atoms with E-state index in [1.807, 2.05) is 18.2 Å². The quantitative estimate of drug-likeness (QED) is 0.366. The number of nitrogens with zero attached hydrogens (tertiary/aromatic N) is 3. The Bertz CT molecular complexity index is 1040. The van der Waals surface area contributed by atoms with Crippen LogP contribution in [0.1, 0.15) is 25.7 Å². The number of non-ortho nitro benzene ring substituents is 1. The summed E-state index contributed by atoms with van der Waals surface area (Å²) in [5.41, 5.74) is 1.15. The summed E-state index contributed by atoms with van der Waals surface area (Å²) in [5.74, 6) is -0.140. The van der Waals surface area contributed by atoms with Crippen molar-refractivity contribution in [2.45, 2.75) is 32.2 Å². The van der Waals surface area contributed by atoms with Crippen LogP contribution in [-0.2, 0) is 11.3 Å². The zero-order chi connectivity index (χ0) is 19.9. The Balaban J connectivity index is 1.42. The van der Waals surface area contributed by atoms with Crippen LogP contribution in [0.4, 0.5) is 11.4 Å². The molecule has 2 aromatic carbocycles. The number of carbonyl (C=O) groups is 1. The first-order valence-corrected chi connectivity index (χ1v) is 9.03. The number of anilines is 1. The molecule has 0 unspecified atom stereocenters. The highest BCUT2D eigenvalue weighted by Crippen LogP contribution is 2.16. The van der Waals surface area contributed by atoms with E-state index in [1.54, 1.807) is 17.0 Å². The lowest BCUT2D eigenvalue weighted by atomic mass is 10.1. The molecule has 8 nitrogen and oxygen atoms in total. The standard InChI is InChI=1S/C20H20N4O4/c25-19(22-15-9-11-16(12-10-15)24(27)28)8-2-1-5-13-23-14-21-18-7-4-3-6-17(18)20(23)26/h3-4,6-7,9-12,14H,1-2,5,8,13H2,(H,22,25). The van der Waals surface area contributed by atoms with E-state index in [0.29, 0.717) is 36.0 Å². The molecule has 0 radical (unpaired) electrons. The minimum atomic E-state index is -0.484. The topological polar surface area (TPSA) is 107 Å². The monoisotopic (exact) mass is 380 g/mol. The number of benzene rings is 2. The molecule has 144 valence electrons. The van der Waals surface area contributed by atoms with Crippen molar-refractivity contribution in [2.75, 3.05) is 5.32 Å². The van der Waals surface area contributed by atoms with Gasteiger partial charge in [0.05, 0.1) is 22.2 Å². The second kappa shape index (κ2) is 8.90. The molecule has 1 N–H and O–H groups in total. The number of hydrogen-bond donors (Lipinski definition) is 1. The average Bonchev–Trinajstić information content (AvgIpc) is 2.70. The van der Waals surface area contributed by atoms with Crippen LogP contribution in [0.2, 0.25) is 0 Å². The van der Waals surface area contributed by atoms with Gasteiger partial charge in [-0.25, -0.2) is 4.98 Å². The number of carbonyl (C=O) groups excluding carboxylic acids is 1. The number of para-hydroxylation sites is 1. The number of amides is 1. The van der Waals surface area contributed by atoms with E-state index in [-0.39, 0.29) is 17.2 Å². The van der Waals surface area contributed by atoms with Gasteiger partial charge in [0, 0.05) is 30.8 Å². The Morgan fingerprint density at radius 3 is 2.57 bits per heavy atom. The maximum absolute atomic E-state index is 12.4. The van der Waals surface area contributed by atoms with Crippen molar-refractivity contribution in [2.24, 2.45) is 0 Å². The van der Waals surface area contributed by atoms with Gasteiger partial charge < -0.3 is 5.32 Å². The Labute approximate surface area is 161 Å². The summed E-state index contributed by atoms with van der Waals surface area (Å²) in [6.45, 7) is 0.556. The average molecular weight is 380 g/mol. The number of nitro benzene ring substituents is 1. The SMILES string of the molecule is O=C(CCCCCn1cnc2ccccc2c1=O)Nc1ccc([N+](=O)[O-])cc1. The molecule has 0 fully saturated rings. The normalized spacial score (nSPS) is 10.7. The van der Waals surface area contributed by atoms with Gasteiger partial charge in [-0.05, 0) is 37.1 Å². The lowest BCUT2D eigenvalue weighted by Crippen LogP contribution is -2.20. The molecule has 0 aliphatic rings. The minimum Gasteiger partial charge on any atom is -0.326 e. The summed E-state index contributed by atoms with van der Waals surface area (Å²) < 4.78 is 1.60. The van der Waals surface area contributed by atoms with Crippen LogP contribution < -0.4 is 10.9 Å². The summed E-state index contributed by atoms with van der Waals surface area (Å²) in [5, 5.41) is 13.9. The van der Waals surface area contributed by atoms with E-state index in [2.05, 4.69) is 10.3 Å². The molecular formula is C20H20N4O4. The molecule has 3 aromatic rings. The number of hydrogen-bond acceptors (Lipinski definition) is 5. The zero-order valence-corrected chi connectivity index (χ0v) is 15.2. The van der Waals surface area contributed by atoms with Crippen molar-refractivity contribution < 1.29 is 9.72 Å². The van der Waals surface area contributed by atoms with Crippen molar-refractivity contribution >= 4 is 28.2 Å². The van der Waals surface area contributed by atoms with Gasteiger partial charge in [0.2, 0.25) is 5.91 Å². The lowest BCUT2D eigenvalue weighted by Gasteiger charge is -2.07. The highest BCUT2D eigenvalue weighted by Gasteiger charge is 2.07. The van der Waals surface area contributed by atoms with E-state index in [4.69, 9.17) is 0 Å². The van der Waals surface area contributed by atoms with Gasteiger partial charge in [0.1, 0.15) is 0 Å². The number of aryl methyl sites for hydroxylation is 1. The second-order valence-corrected chi connectivity index (χ2v) is 6.42. The maximum atomic E-state index is 12.4. The number of aromatic nitrogens is 2. The van der Waals surface area contributed by atoms with Crippen LogP contribution in [0.25, 0.3) is 10.9 Å². The fourth-order valence-corrected chi connectivity index (χ4v) is 2.90. The summed E-state index contributed by atoms with van der Waals surface area (Å²) in [6.07, 6.45) is 4.17. The summed E-state index contributed by atoms with van der Waals surface area (Å²) in [6, 6.07) is 13.0. The van der Waals surface area contributed by atoms with Crippen LogP contribution in [0.3, 0.4) is 0 Å². The first-order valence-electron chi connectivity index (χ1n) is 9.03. The smallest absolute Gasteiger partial charge is 0.269 e. The minimum absolute atomic E-state index is 0.0172. The van der Waals surface area contributed by atoms with Gasteiger partial charge in [-0.3, -0.25) is 24.3 Å². The molecule has 0 bridgehead atoms. The van der Waals surface area contributed by atoms with Crippen molar-refractivity contribution in [3.05, 3.63) is 75.3 Å². The Morgan fingerprint density at radius 1 is 1.07 bits per heavy atom. The van der Waals surface area contributed by atoms with Crippen molar-refractivity contribution in [3.63, 3.8) is 0 Å². The lowest BCUT2D eigenvalue weighted by molar-refractivity contribution is -0.384. The molecule has 0 saturated heterocycles. The molecule has 0 aliphatic heterocycles. The zero-order valence-electron chi connectivity index (χ0n) is 15.2. The molecule has 28 heavy (non-hydrogen) atoms. The number of unbranched alkanes of at least 4 members (excludes halogenated alkanes) is 2. The van der Waals surface area contributed by atoms with Crippen LogP contribution in [-0.4, -0.2) is 20.4 Å². The Kier molecular flexibility index (Phi) is 6.11. The second-order valence-electron chi connectivity index (χ2n) is 6.42. The van der Waals surface area contributed by atoms with Crippen LogP contribution >= 0.6 is 0 Å². The number of nitro groups is 1. The van der Waals surface area contributed by atoms with E-state index < -0.39 is 4.92 Å². The van der Waals surface area contributed by atoms with Crippen molar-refractivity contribution in [1.29, 1.82) is 0 Å². The van der Waals surface area contributed by atoms with Crippen LogP contribution in [0.5, 0.6) is 0 Å². The Morgan fingerprint density at radius 2 is 1.82 bits per heavy atom. The molecule has 1 heterocycles. The van der Waals surface area contributed by atoms with Gasteiger partial charge in [0.15, 0.2) is 0 Å². The first-order chi connectivity index (χ1) is 13.5. The largest absolute Gasteiger partial charge is 0.326 e. The fourth-order valence-electron chi connectivity index (χ4n) is 2.90. The van der Waals surface area contributed by atoms with Crippen LogP contribution in [0, 0.1) is 10.1 Å². The molecule has 0 spiro atoms. The molecule has 0 atom stereocenters. The number of fused-ring (bicyclic) bond motifs is 1. The van der Waals surface area contributed by atoms with Crippen molar-refractivity contribution in [3.8, 4) is 0 Å². The van der Waals surface area contributed by atoms with E-state index >= 15 is 0 Å². The predicted molar refractivity (Wildman–Crippen MR) is 106 cm³/mol. The molecule has 1 aromatic heterocycles. The summed E-state index contributed by atoms with van der Waals surface area (Å²) >= 11 is 0. The van der Waals surface area contributed by atoms with Gasteiger partial charge in [-0.15, -0.1) is 0 Å². The maximum Gasteiger partial charge on any atom is 0.269 e. The van der Waals surface area contributed by atoms with Crippen molar-refractivity contribution in [1.82, 2.24) is 9.55 Å². The third kappa shape index (κ3) is 4.79. The number of rotatable bonds is 8. The van der Waals surface area contributed by atoms with Gasteiger partial charge in [-0.2, -0.15) is 0 Å². The summed E-state index contributed by atoms with van der Waals surface area (Å²) in [4.78, 5) is 38.8. The van der Waals surface area contributed by atoms with Gasteiger partial charge in [0.25, 0.3) is 11.2 Å².